The van der Waals surface area contributed by atoms with Crippen LogP contribution in [0.3, 0.4) is 0 Å². The zero-order valence-electron chi connectivity index (χ0n) is 24.9. The third-order valence-electron chi connectivity index (χ3n) is 7.47. The van der Waals surface area contributed by atoms with Crippen molar-refractivity contribution in [3.05, 3.63) is 190 Å². The Morgan fingerprint density at radius 1 is 0.261 bits per heavy atom. The normalized spacial score (nSPS) is 11.5. The summed E-state index contributed by atoms with van der Waals surface area (Å²) < 4.78 is 3.72. The fourth-order valence-electron chi connectivity index (χ4n) is 4.95. The molecule has 6 aromatic carbocycles. The van der Waals surface area contributed by atoms with Crippen LogP contribution >= 0.6 is 67.8 Å². The van der Waals surface area contributed by atoms with Crippen molar-refractivity contribution < 1.29 is 0 Å². The highest BCUT2D eigenvalue weighted by Gasteiger charge is 2.12. The van der Waals surface area contributed by atoms with Crippen LogP contribution in [0.15, 0.2) is 146 Å². The number of benzene rings is 6. The molecule has 4 heteroatoms. The third kappa shape index (κ3) is 9.08. The summed E-state index contributed by atoms with van der Waals surface area (Å²) in [6.45, 7) is 0. The molecule has 6 rings (SSSR count). The van der Waals surface area contributed by atoms with Gasteiger partial charge in [0.1, 0.15) is 0 Å². The number of hydrogen-bond donors (Lipinski definition) is 0. The third-order valence-corrected chi connectivity index (χ3v) is 9.63. The van der Waals surface area contributed by atoms with Crippen LogP contribution in [0.2, 0.25) is 0 Å². The Bertz CT molecular complexity index is 1720. The predicted octanol–water partition coefficient (Wildman–Crippen LogP) is 13.5. The summed E-state index contributed by atoms with van der Waals surface area (Å²) in [5.41, 5.74) is 10.4. The van der Waals surface area contributed by atoms with Gasteiger partial charge in [0, 0.05) is 27.8 Å². The van der Waals surface area contributed by atoms with E-state index in [0.29, 0.717) is 0 Å². The van der Waals surface area contributed by atoms with Gasteiger partial charge in [0.05, 0.1) is 0 Å². The van der Waals surface area contributed by atoms with E-state index in [1.54, 1.807) is 0 Å². The summed E-state index contributed by atoms with van der Waals surface area (Å²) in [6.07, 6.45) is 13.0. The van der Waals surface area contributed by atoms with E-state index in [4.69, 9.17) is 0 Å². The van der Waals surface area contributed by atoms with Crippen LogP contribution in [0.1, 0.15) is 33.4 Å². The number of hydrogen-bond acceptors (Lipinski definition) is 1. The van der Waals surface area contributed by atoms with Gasteiger partial charge in [-0.3, -0.25) is 0 Å². The second kappa shape index (κ2) is 15.9. The van der Waals surface area contributed by atoms with Gasteiger partial charge in [0.25, 0.3) is 0 Å². The maximum Gasteiger partial charge on any atom is 0.0462 e. The first-order chi connectivity index (χ1) is 22.5. The number of halogens is 3. The standard InChI is InChI=1S/C42H30I3N/c43-37-19-7-31(8-20-37)1-4-34-13-25-40(26-14-34)46(41-27-15-35(16-28-41)5-2-32-9-21-38(44)22-10-32)42-29-17-36(18-30-42)6-3-33-11-23-39(45)24-12-33/h1-30H/b4-1+,5-2+,6-3+. The minimum Gasteiger partial charge on any atom is -0.311 e. The van der Waals surface area contributed by atoms with Gasteiger partial charge < -0.3 is 4.90 Å². The smallest absolute Gasteiger partial charge is 0.0462 e. The molecule has 46 heavy (non-hydrogen) atoms. The van der Waals surface area contributed by atoms with E-state index in [1.807, 2.05) is 0 Å². The van der Waals surface area contributed by atoms with Crippen molar-refractivity contribution in [1.82, 2.24) is 0 Å². The van der Waals surface area contributed by atoms with Crippen LogP contribution < -0.4 is 4.90 Å². The summed E-state index contributed by atoms with van der Waals surface area (Å²) in [5, 5.41) is 0. The lowest BCUT2D eigenvalue weighted by Gasteiger charge is -2.26. The van der Waals surface area contributed by atoms with E-state index in [1.165, 1.54) is 27.4 Å². The van der Waals surface area contributed by atoms with Crippen LogP contribution in [0.4, 0.5) is 17.1 Å². The zero-order valence-corrected chi connectivity index (χ0v) is 31.4. The lowest BCUT2D eigenvalue weighted by Crippen LogP contribution is -2.09. The molecule has 0 saturated carbocycles. The fourth-order valence-corrected chi connectivity index (χ4v) is 6.03. The molecule has 0 unspecified atom stereocenters. The van der Waals surface area contributed by atoms with Crippen molar-refractivity contribution in [2.45, 2.75) is 0 Å². The number of anilines is 3. The van der Waals surface area contributed by atoms with Crippen molar-refractivity contribution in [2.75, 3.05) is 4.90 Å². The lowest BCUT2D eigenvalue weighted by atomic mass is 10.1. The molecule has 0 N–H and O–H groups in total. The number of rotatable bonds is 9. The van der Waals surface area contributed by atoms with Crippen LogP contribution in [-0.2, 0) is 0 Å². The molecule has 0 radical (unpaired) electrons. The molecule has 0 atom stereocenters. The minimum absolute atomic E-state index is 1.11. The van der Waals surface area contributed by atoms with Crippen molar-refractivity contribution in [2.24, 2.45) is 0 Å². The molecule has 0 fully saturated rings. The van der Waals surface area contributed by atoms with E-state index < -0.39 is 0 Å². The molecular weight excluding hydrogens is 899 g/mol. The maximum absolute atomic E-state index is 2.34. The Morgan fingerprint density at radius 2 is 0.435 bits per heavy atom. The Labute approximate surface area is 312 Å². The predicted molar refractivity (Wildman–Crippen MR) is 225 cm³/mol. The average molecular weight is 929 g/mol. The monoisotopic (exact) mass is 929 g/mol. The van der Waals surface area contributed by atoms with Gasteiger partial charge in [0.15, 0.2) is 0 Å². The summed E-state index contributed by atoms with van der Waals surface area (Å²) in [7, 11) is 0. The summed E-state index contributed by atoms with van der Waals surface area (Å²) in [4.78, 5) is 2.31. The van der Waals surface area contributed by atoms with E-state index >= 15 is 0 Å². The molecule has 0 bridgehead atoms. The molecular formula is C42H30I3N. The first kappa shape index (κ1) is 32.5. The molecule has 0 spiro atoms. The van der Waals surface area contributed by atoms with Gasteiger partial charge in [-0.25, -0.2) is 0 Å². The van der Waals surface area contributed by atoms with Gasteiger partial charge >= 0.3 is 0 Å². The van der Waals surface area contributed by atoms with Gasteiger partial charge in [0.2, 0.25) is 0 Å². The van der Waals surface area contributed by atoms with Crippen LogP contribution in [-0.4, -0.2) is 0 Å². The Morgan fingerprint density at radius 3 is 0.630 bits per heavy atom. The first-order valence-corrected chi connectivity index (χ1v) is 18.1. The highest BCUT2D eigenvalue weighted by Crippen LogP contribution is 2.35. The summed E-state index contributed by atoms with van der Waals surface area (Å²) >= 11 is 7.01. The zero-order chi connectivity index (χ0) is 31.7. The summed E-state index contributed by atoms with van der Waals surface area (Å²) in [6, 6.07) is 51.9. The maximum atomic E-state index is 2.34. The van der Waals surface area contributed by atoms with Crippen molar-refractivity contribution in [3.8, 4) is 0 Å². The van der Waals surface area contributed by atoms with E-state index in [-0.39, 0.29) is 0 Å². The molecule has 0 heterocycles. The quantitative estimate of drug-likeness (QED) is 0.103. The molecule has 0 saturated heterocycles. The van der Waals surface area contributed by atoms with Gasteiger partial charge in [-0.1, -0.05) is 109 Å². The highest BCUT2D eigenvalue weighted by atomic mass is 127. The molecule has 0 aliphatic heterocycles. The molecule has 1 nitrogen and oxygen atoms in total. The number of nitrogens with zero attached hydrogens (tertiary/aromatic N) is 1. The van der Waals surface area contributed by atoms with Gasteiger partial charge in [-0.2, -0.15) is 0 Å². The highest BCUT2D eigenvalue weighted by molar-refractivity contribution is 14.1. The van der Waals surface area contributed by atoms with Crippen molar-refractivity contribution in [1.29, 1.82) is 0 Å². The second-order valence-electron chi connectivity index (χ2n) is 10.8. The lowest BCUT2D eigenvalue weighted by molar-refractivity contribution is 1.28. The van der Waals surface area contributed by atoms with Gasteiger partial charge in [-0.05, 0) is 174 Å². The van der Waals surface area contributed by atoms with Crippen molar-refractivity contribution in [3.63, 3.8) is 0 Å². The molecule has 224 valence electrons. The average Bonchev–Trinajstić information content (AvgIpc) is 3.09. The largest absolute Gasteiger partial charge is 0.311 e. The molecule has 0 aliphatic carbocycles. The van der Waals surface area contributed by atoms with E-state index in [2.05, 4.69) is 255 Å². The SMILES string of the molecule is Ic1ccc(/C=C/c2ccc(N(c3ccc(/C=C/c4ccc(I)cc4)cc3)c3ccc(/C=C/c4ccc(I)cc4)cc3)cc2)cc1. The molecule has 0 aromatic heterocycles. The molecule has 6 aromatic rings. The van der Waals surface area contributed by atoms with Crippen LogP contribution in [0.25, 0.3) is 36.5 Å². The second-order valence-corrected chi connectivity index (χ2v) is 14.5. The first-order valence-electron chi connectivity index (χ1n) is 14.9. The molecule has 0 amide bonds. The Kier molecular flexibility index (Phi) is 11.2. The van der Waals surface area contributed by atoms with E-state index in [0.717, 1.165) is 33.8 Å². The Hall–Kier alpha value is -3.47. The van der Waals surface area contributed by atoms with Crippen LogP contribution in [0, 0.1) is 10.7 Å². The van der Waals surface area contributed by atoms with Gasteiger partial charge in [-0.15, -0.1) is 0 Å². The fraction of sp³-hybridized carbons (Fsp3) is 0. The topological polar surface area (TPSA) is 3.24 Å². The van der Waals surface area contributed by atoms with E-state index in [9.17, 15) is 0 Å². The minimum atomic E-state index is 1.11. The summed E-state index contributed by atoms with van der Waals surface area (Å²) in [5.74, 6) is 0. The molecule has 0 aliphatic rings. The Balaban J connectivity index is 1.27. The van der Waals surface area contributed by atoms with Crippen molar-refractivity contribution >= 4 is 121 Å². The van der Waals surface area contributed by atoms with Crippen LogP contribution in [0.5, 0.6) is 0 Å².